The number of urea groups is 1. The van der Waals surface area contributed by atoms with E-state index >= 15 is 0 Å². The highest BCUT2D eigenvalue weighted by molar-refractivity contribution is 6.30. The number of piperazine rings is 1. The lowest BCUT2D eigenvalue weighted by Crippen LogP contribution is -2.51. The number of rotatable bonds is 4. The molecule has 2 amide bonds. The van der Waals surface area contributed by atoms with Gasteiger partial charge < -0.3 is 14.7 Å². The minimum Gasteiger partial charge on any atom is -0.361 e. The zero-order valence-electron chi connectivity index (χ0n) is 14.5. The predicted octanol–water partition coefficient (Wildman–Crippen LogP) is 3.22. The molecule has 1 aliphatic rings. The maximum absolute atomic E-state index is 12.5. The van der Waals surface area contributed by atoms with Crippen molar-refractivity contribution in [1.82, 2.24) is 20.3 Å². The standard InChI is InChI=1S/C18H23ClN4O2/c1-13-10-17(21-25-13)12-22-6-8-23(9-7-22)18(24)20-14(2)15-4-3-5-16(19)11-15/h3-5,10-11,14H,6-9,12H2,1-2H3,(H,20,24). The zero-order valence-corrected chi connectivity index (χ0v) is 15.3. The topological polar surface area (TPSA) is 61.6 Å². The van der Waals surface area contributed by atoms with Gasteiger partial charge in [0.25, 0.3) is 0 Å². The van der Waals surface area contributed by atoms with Crippen molar-refractivity contribution in [2.24, 2.45) is 0 Å². The molecule has 1 aromatic carbocycles. The van der Waals surface area contributed by atoms with Crippen LogP contribution < -0.4 is 5.32 Å². The maximum Gasteiger partial charge on any atom is 0.317 e. The first-order valence-corrected chi connectivity index (χ1v) is 8.84. The van der Waals surface area contributed by atoms with Gasteiger partial charge in [0.1, 0.15) is 5.76 Å². The van der Waals surface area contributed by atoms with Gasteiger partial charge in [0.2, 0.25) is 0 Å². The monoisotopic (exact) mass is 362 g/mol. The molecule has 3 rings (SSSR count). The van der Waals surface area contributed by atoms with Crippen molar-refractivity contribution in [3.05, 3.63) is 52.4 Å². The second-order valence-corrected chi connectivity index (χ2v) is 6.85. The fourth-order valence-electron chi connectivity index (χ4n) is 2.97. The zero-order chi connectivity index (χ0) is 17.8. The third kappa shape index (κ3) is 4.74. The summed E-state index contributed by atoms with van der Waals surface area (Å²) in [4.78, 5) is 16.6. The van der Waals surface area contributed by atoms with Crippen LogP contribution in [-0.4, -0.2) is 47.2 Å². The molecule has 2 heterocycles. The fraction of sp³-hybridized carbons (Fsp3) is 0.444. The van der Waals surface area contributed by atoms with Gasteiger partial charge in [-0.3, -0.25) is 4.90 Å². The SMILES string of the molecule is Cc1cc(CN2CCN(C(=O)NC(C)c3cccc(Cl)c3)CC2)no1. The normalized spacial score (nSPS) is 16.7. The first kappa shape index (κ1) is 17.8. The summed E-state index contributed by atoms with van der Waals surface area (Å²) in [5.74, 6) is 0.822. The van der Waals surface area contributed by atoms with Crippen LogP contribution >= 0.6 is 11.6 Å². The van der Waals surface area contributed by atoms with Gasteiger partial charge in [-0.15, -0.1) is 0 Å². The van der Waals surface area contributed by atoms with Crippen molar-refractivity contribution in [3.63, 3.8) is 0 Å². The van der Waals surface area contributed by atoms with Crippen molar-refractivity contribution < 1.29 is 9.32 Å². The first-order valence-electron chi connectivity index (χ1n) is 8.47. The Labute approximate surface area is 152 Å². The van der Waals surface area contributed by atoms with E-state index in [1.165, 1.54) is 0 Å². The largest absolute Gasteiger partial charge is 0.361 e. The van der Waals surface area contributed by atoms with E-state index in [4.69, 9.17) is 16.1 Å². The van der Waals surface area contributed by atoms with Gasteiger partial charge in [-0.1, -0.05) is 28.9 Å². The summed E-state index contributed by atoms with van der Waals surface area (Å²) in [7, 11) is 0. The number of hydrogen-bond acceptors (Lipinski definition) is 4. The Kier molecular flexibility index (Phi) is 5.60. The molecule has 6 nitrogen and oxygen atoms in total. The molecular weight excluding hydrogens is 340 g/mol. The van der Waals surface area contributed by atoms with Crippen LogP contribution in [0.25, 0.3) is 0 Å². The summed E-state index contributed by atoms with van der Waals surface area (Å²) in [5.41, 5.74) is 1.94. The lowest BCUT2D eigenvalue weighted by Gasteiger charge is -2.34. The second kappa shape index (κ2) is 7.89. The summed E-state index contributed by atoms with van der Waals surface area (Å²) >= 11 is 6.02. The van der Waals surface area contributed by atoms with Gasteiger partial charge in [0.15, 0.2) is 0 Å². The Bertz CT molecular complexity index is 725. The molecule has 7 heteroatoms. The van der Waals surface area contributed by atoms with Gasteiger partial charge in [-0.05, 0) is 31.5 Å². The molecule has 0 radical (unpaired) electrons. The summed E-state index contributed by atoms with van der Waals surface area (Å²) in [5, 5.41) is 7.74. The number of benzene rings is 1. The van der Waals surface area contributed by atoms with Gasteiger partial charge in [0, 0.05) is 43.8 Å². The van der Waals surface area contributed by atoms with Crippen LogP contribution in [0, 0.1) is 6.92 Å². The highest BCUT2D eigenvalue weighted by Gasteiger charge is 2.23. The average Bonchev–Trinajstić information content (AvgIpc) is 3.00. The number of carbonyl (C=O) groups excluding carboxylic acids is 1. The smallest absolute Gasteiger partial charge is 0.317 e. The molecule has 1 fully saturated rings. The Morgan fingerprint density at radius 2 is 2.08 bits per heavy atom. The Morgan fingerprint density at radius 3 is 2.72 bits per heavy atom. The second-order valence-electron chi connectivity index (χ2n) is 6.42. The Balaban J connectivity index is 1.48. The lowest BCUT2D eigenvalue weighted by atomic mass is 10.1. The number of amides is 2. The number of carbonyl (C=O) groups is 1. The van der Waals surface area contributed by atoms with Crippen LogP contribution in [0.4, 0.5) is 4.79 Å². The van der Waals surface area contributed by atoms with Gasteiger partial charge in [-0.25, -0.2) is 4.79 Å². The van der Waals surface area contributed by atoms with E-state index in [1.54, 1.807) is 0 Å². The van der Waals surface area contributed by atoms with Crippen LogP contribution in [0.3, 0.4) is 0 Å². The van der Waals surface area contributed by atoms with Gasteiger partial charge in [-0.2, -0.15) is 0 Å². The number of aromatic nitrogens is 1. The Hall–Kier alpha value is -2.05. The van der Waals surface area contributed by atoms with E-state index in [0.29, 0.717) is 18.1 Å². The predicted molar refractivity (Wildman–Crippen MR) is 96.5 cm³/mol. The molecule has 134 valence electrons. The van der Waals surface area contributed by atoms with Crippen molar-refractivity contribution in [3.8, 4) is 0 Å². The molecule has 1 saturated heterocycles. The third-order valence-electron chi connectivity index (χ3n) is 4.41. The highest BCUT2D eigenvalue weighted by atomic mass is 35.5. The van der Waals surface area contributed by atoms with E-state index in [1.807, 2.05) is 49.1 Å². The summed E-state index contributed by atoms with van der Waals surface area (Å²) in [6, 6.07) is 9.40. The minimum atomic E-state index is -0.0812. The van der Waals surface area contributed by atoms with Crippen molar-refractivity contribution in [1.29, 1.82) is 0 Å². The molecule has 1 atom stereocenters. The highest BCUT2D eigenvalue weighted by Crippen LogP contribution is 2.18. The Morgan fingerprint density at radius 1 is 1.32 bits per heavy atom. The number of nitrogens with one attached hydrogen (secondary N) is 1. The summed E-state index contributed by atoms with van der Waals surface area (Å²) in [6.07, 6.45) is 0. The molecule has 2 aromatic rings. The molecule has 1 aromatic heterocycles. The molecule has 0 bridgehead atoms. The molecule has 0 spiro atoms. The first-order chi connectivity index (χ1) is 12.0. The van der Waals surface area contributed by atoms with E-state index in [9.17, 15) is 4.79 Å². The molecular formula is C18H23ClN4O2. The van der Waals surface area contributed by atoms with E-state index < -0.39 is 0 Å². The number of halogens is 1. The van der Waals surface area contributed by atoms with E-state index in [-0.39, 0.29) is 12.1 Å². The minimum absolute atomic E-state index is 0.0376. The number of aryl methyl sites for hydroxylation is 1. The molecule has 0 saturated carbocycles. The molecule has 1 unspecified atom stereocenters. The lowest BCUT2D eigenvalue weighted by molar-refractivity contribution is 0.132. The van der Waals surface area contributed by atoms with Crippen LogP contribution in [0.1, 0.15) is 30.0 Å². The average molecular weight is 363 g/mol. The maximum atomic E-state index is 12.5. The molecule has 1 N–H and O–H groups in total. The van der Waals surface area contributed by atoms with Crippen molar-refractivity contribution >= 4 is 17.6 Å². The van der Waals surface area contributed by atoms with Crippen LogP contribution in [-0.2, 0) is 6.54 Å². The molecule has 1 aliphatic heterocycles. The van der Waals surface area contributed by atoms with Gasteiger partial charge >= 0.3 is 6.03 Å². The third-order valence-corrected chi connectivity index (χ3v) is 4.65. The van der Waals surface area contributed by atoms with Crippen LogP contribution in [0.15, 0.2) is 34.9 Å². The van der Waals surface area contributed by atoms with Gasteiger partial charge in [0.05, 0.1) is 11.7 Å². The number of nitrogens with zero attached hydrogens (tertiary/aromatic N) is 3. The van der Waals surface area contributed by atoms with Crippen molar-refractivity contribution in [2.75, 3.05) is 26.2 Å². The molecule has 0 aliphatic carbocycles. The van der Waals surface area contributed by atoms with Crippen LogP contribution in [0.5, 0.6) is 0 Å². The summed E-state index contributed by atoms with van der Waals surface area (Å²) in [6.45, 7) is 7.66. The quantitative estimate of drug-likeness (QED) is 0.907. The van der Waals surface area contributed by atoms with Crippen molar-refractivity contribution in [2.45, 2.75) is 26.4 Å². The number of hydrogen-bond donors (Lipinski definition) is 1. The van der Waals surface area contributed by atoms with Crippen LogP contribution in [0.2, 0.25) is 5.02 Å². The van der Waals surface area contributed by atoms with E-state index in [2.05, 4.69) is 15.4 Å². The fourth-order valence-corrected chi connectivity index (χ4v) is 3.17. The van der Waals surface area contributed by atoms with E-state index in [0.717, 1.165) is 36.7 Å². The summed E-state index contributed by atoms with van der Waals surface area (Å²) < 4.78 is 5.10. The molecule has 25 heavy (non-hydrogen) atoms.